The molecular formula is C21H26N2O4. The molecule has 3 rings (SSSR count). The van der Waals surface area contributed by atoms with E-state index in [0.29, 0.717) is 19.7 Å². The standard InChI is InChI=1S/C21H26N2O4/c1-15-5-4-6-18(11-15)25-10-9-22-21(24)16(2)23(3)13-17-7-8-19-20(12-17)27-14-26-19/h4-8,11-12,16H,9-10,13-14H2,1-3H3,(H,22,24). The highest BCUT2D eigenvalue weighted by Crippen LogP contribution is 2.32. The molecule has 2 aromatic carbocycles. The van der Waals surface area contributed by atoms with E-state index in [1.54, 1.807) is 0 Å². The molecule has 1 aliphatic heterocycles. The Morgan fingerprint density at radius 2 is 2.04 bits per heavy atom. The summed E-state index contributed by atoms with van der Waals surface area (Å²) in [6, 6.07) is 13.5. The fraction of sp³-hybridized carbons (Fsp3) is 0.381. The number of carbonyl (C=O) groups excluding carboxylic acids is 1. The Morgan fingerprint density at radius 1 is 1.22 bits per heavy atom. The molecule has 1 unspecified atom stereocenters. The van der Waals surface area contributed by atoms with Crippen molar-refractivity contribution in [1.82, 2.24) is 10.2 Å². The number of rotatable bonds is 8. The SMILES string of the molecule is Cc1cccc(OCCNC(=O)C(C)N(C)Cc2ccc3c(c2)OCO3)c1. The van der Waals surface area contributed by atoms with Crippen LogP contribution in [0, 0.1) is 6.92 Å². The molecule has 27 heavy (non-hydrogen) atoms. The van der Waals surface area contributed by atoms with Gasteiger partial charge in [-0.25, -0.2) is 0 Å². The fourth-order valence-corrected chi connectivity index (χ4v) is 2.86. The summed E-state index contributed by atoms with van der Waals surface area (Å²) in [7, 11) is 1.93. The molecule has 6 nitrogen and oxygen atoms in total. The van der Waals surface area contributed by atoms with Crippen molar-refractivity contribution in [2.75, 3.05) is 27.0 Å². The lowest BCUT2D eigenvalue weighted by atomic mass is 10.1. The Bertz CT molecular complexity index is 794. The van der Waals surface area contributed by atoms with Gasteiger partial charge in [-0.05, 0) is 56.3 Å². The van der Waals surface area contributed by atoms with E-state index in [2.05, 4.69) is 5.32 Å². The van der Waals surface area contributed by atoms with Crippen LogP contribution in [0.15, 0.2) is 42.5 Å². The van der Waals surface area contributed by atoms with Crippen molar-refractivity contribution in [3.8, 4) is 17.2 Å². The number of hydrogen-bond donors (Lipinski definition) is 1. The van der Waals surface area contributed by atoms with Crippen LogP contribution in [-0.4, -0.2) is 43.8 Å². The first-order chi connectivity index (χ1) is 13.0. The molecule has 0 bridgehead atoms. The Balaban J connectivity index is 1.42. The first kappa shape index (κ1) is 19.0. The number of likely N-dealkylation sites (N-methyl/N-ethyl adjacent to an activating group) is 1. The largest absolute Gasteiger partial charge is 0.492 e. The van der Waals surface area contributed by atoms with Crippen LogP contribution in [0.1, 0.15) is 18.1 Å². The number of nitrogens with one attached hydrogen (secondary N) is 1. The van der Waals surface area contributed by atoms with E-state index >= 15 is 0 Å². The molecule has 1 N–H and O–H groups in total. The summed E-state index contributed by atoms with van der Waals surface area (Å²) in [6.45, 7) is 5.72. The van der Waals surface area contributed by atoms with E-state index in [4.69, 9.17) is 14.2 Å². The lowest BCUT2D eigenvalue weighted by Gasteiger charge is -2.24. The average Bonchev–Trinajstić information content (AvgIpc) is 3.12. The first-order valence-corrected chi connectivity index (χ1v) is 9.09. The van der Waals surface area contributed by atoms with Crippen molar-refractivity contribution in [3.05, 3.63) is 53.6 Å². The predicted octanol–water partition coefficient (Wildman–Crippen LogP) is 2.74. The summed E-state index contributed by atoms with van der Waals surface area (Å²) in [5, 5.41) is 2.93. The van der Waals surface area contributed by atoms with Crippen LogP contribution in [-0.2, 0) is 11.3 Å². The molecular weight excluding hydrogens is 344 g/mol. The molecule has 6 heteroatoms. The number of fused-ring (bicyclic) bond motifs is 1. The van der Waals surface area contributed by atoms with Crippen LogP contribution in [0.4, 0.5) is 0 Å². The van der Waals surface area contributed by atoms with Gasteiger partial charge < -0.3 is 19.5 Å². The van der Waals surface area contributed by atoms with Gasteiger partial charge in [0.1, 0.15) is 12.4 Å². The van der Waals surface area contributed by atoms with E-state index in [0.717, 1.165) is 28.4 Å². The second-order valence-electron chi connectivity index (χ2n) is 6.73. The van der Waals surface area contributed by atoms with Crippen LogP contribution in [0.25, 0.3) is 0 Å². The monoisotopic (exact) mass is 370 g/mol. The van der Waals surface area contributed by atoms with E-state index in [-0.39, 0.29) is 18.7 Å². The quantitative estimate of drug-likeness (QED) is 0.724. The summed E-state index contributed by atoms with van der Waals surface area (Å²) in [5.41, 5.74) is 2.22. The van der Waals surface area contributed by atoms with Crippen molar-refractivity contribution in [3.63, 3.8) is 0 Å². The average molecular weight is 370 g/mol. The van der Waals surface area contributed by atoms with Gasteiger partial charge in [0, 0.05) is 6.54 Å². The van der Waals surface area contributed by atoms with Crippen molar-refractivity contribution in [2.45, 2.75) is 26.4 Å². The van der Waals surface area contributed by atoms with Crippen LogP contribution in [0.3, 0.4) is 0 Å². The Labute approximate surface area is 160 Å². The highest BCUT2D eigenvalue weighted by atomic mass is 16.7. The lowest BCUT2D eigenvalue weighted by Crippen LogP contribution is -2.44. The minimum Gasteiger partial charge on any atom is -0.492 e. The molecule has 2 aromatic rings. The predicted molar refractivity (Wildman–Crippen MR) is 103 cm³/mol. The van der Waals surface area contributed by atoms with Crippen LogP contribution in [0.5, 0.6) is 17.2 Å². The normalized spacial score (nSPS) is 13.5. The Morgan fingerprint density at radius 3 is 2.85 bits per heavy atom. The van der Waals surface area contributed by atoms with Gasteiger partial charge in [-0.15, -0.1) is 0 Å². The van der Waals surface area contributed by atoms with Gasteiger partial charge in [0.2, 0.25) is 12.7 Å². The maximum absolute atomic E-state index is 12.4. The molecule has 0 saturated heterocycles. The molecule has 1 atom stereocenters. The third-order valence-corrected chi connectivity index (χ3v) is 4.57. The zero-order valence-corrected chi connectivity index (χ0v) is 16.0. The molecule has 1 heterocycles. The van der Waals surface area contributed by atoms with Gasteiger partial charge in [-0.3, -0.25) is 9.69 Å². The molecule has 0 aliphatic carbocycles. The zero-order valence-electron chi connectivity index (χ0n) is 16.0. The maximum atomic E-state index is 12.4. The lowest BCUT2D eigenvalue weighted by molar-refractivity contribution is -0.125. The number of carbonyl (C=O) groups is 1. The zero-order chi connectivity index (χ0) is 19.2. The smallest absolute Gasteiger partial charge is 0.237 e. The van der Waals surface area contributed by atoms with Crippen LogP contribution in [0.2, 0.25) is 0 Å². The minimum absolute atomic E-state index is 0.0221. The van der Waals surface area contributed by atoms with Crippen LogP contribution < -0.4 is 19.5 Å². The fourth-order valence-electron chi connectivity index (χ4n) is 2.86. The van der Waals surface area contributed by atoms with Gasteiger partial charge in [0.15, 0.2) is 11.5 Å². The van der Waals surface area contributed by atoms with Crippen molar-refractivity contribution < 1.29 is 19.0 Å². The number of nitrogens with zero attached hydrogens (tertiary/aromatic N) is 1. The first-order valence-electron chi connectivity index (χ1n) is 9.09. The number of benzene rings is 2. The molecule has 0 aromatic heterocycles. The van der Waals surface area contributed by atoms with Gasteiger partial charge in [0.05, 0.1) is 12.6 Å². The van der Waals surface area contributed by atoms with Crippen molar-refractivity contribution >= 4 is 5.91 Å². The summed E-state index contributed by atoms with van der Waals surface area (Å²) in [6.07, 6.45) is 0. The molecule has 0 saturated carbocycles. The summed E-state index contributed by atoms with van der Waals surface area (Å²) in [5.74, 6) is 2.32. The van der Waals surface area contributed by atoms with E-state index in [1.165, 1.54) is 0 Å². The second-order valence-corrected chi connectivity index (χ2v) is 6.73. The van der Waals surface area contributed by atoms with E-state index in [1.807, 2.05) is 68.3 Å². The van der Waals surface area contributed by atoms with E-state index < -0.39 is 0 Å². The molecule has 1 aliphatic rings. The number of ether oxygens (including phenoxy) is 3. The number of hydrogen-bond acceptors (Lipinski definition) is 5. The molecule has 0 radical (unpaired) electrons. The molecule has 0 spiro atoms. The number of aryl methyl sites for hydroxylation is 1. The van der Waals surface area contributed by atoms with Gasteiger partial charge in [0.25, 0.3) is 0 Å². The van der Waals surface area contributed by atoms with Gasteiger partial charge in [-0.2, -0.15) is 0 Å². The molecule has 1 amide bonds. The summed E-state index contributed by atoms with van der Waals surface area (Å²) >= 11 is 0. The van der Waals surface area contributed by atoms with Crippen molar-refractivity contribution in [2.24, 2.45) is 0 Å². The third kappa shape index (κ3) is 5.14. The Kier molecular flexibility index (Phi) is 6.19. The van der Waals surface area contributed by atoms with E-state index in [9.17, 15) is 4.79 Å². The summed E-state index contributed by atoms with van der Waals surface area (Å²) in [4.78, 5) is 14.4. The van der Waals surface area contributed by atoms with Gasteiger partial charge in [-0.1, -0.05) is 18.2 Å². The van der Waals surface area contributed by atoms with Crippen molar-refractivity contribution in [1.29, 1.82) is 0 Å². The minimum atomic E-state index is -0.255. The third-order valence-electron chi connectivity index (χ3n) is 4.57. The maximum Gasteiger partial charge on any atom is 0.237 e. The second kappa shape index (κ2) is 8.77. The summed E-state index contributed by atoms with van der Waals surface area (Å²) < 4.78 is 16.4. The topological polar surface area (TPSA) is 60.0 Å². The van der Waals surface area contributed by atoms with Crippen LogP contribution >= 0.6 is 0 Å². The Hall–Kier alpha value is -2.73. The van der Waals surface area contributed by atoms with Gasteiger partial charge >= 0.3 is 0 Å². The highest BCUT2D eigenvalue weighted by molar-refractivity contribution is 5.81. The molecule has 144 valence electrons. The molecule has 0 fully saturated rings. The number of amides is 1. The highest BCUT2D eigenvalue weighted by Gasteiger charge is 2.19.